The van der Waals surface area contributed by atoms with E-state index in [4.69, 9.17) is 11.8 Å². The smallest absolute Gasteiger partial charge is 0.357 e. The van der Waals surface area contributed by atoms with Crippen molar-refractivity contribution in [3.8, 4) is 0 Å². The zero-order valence-corrected chi connectivity index (χ0v) is 21.7. The van der Waals surface area contributed by atoms with Crippen LogP contribution in [0.4, 0.5) is 11.4 Å². The highest BCUT2D eigenvalue weighted by Crippen LogP contribution is 2.28. The highest BCUT2D eigenvalue weighted by atomic mass is 16.7. The first-order valence-electron chi connectivity index (χ1n) is 11.6. The maximum atomic E-state index is 13.4. The van der Waals surface area contributed by atoms with Gasteiger partial charge in [-0.15, -0.1) is 4.91 Å². The standard InChI is InChI=1S/C25H31N5O8/c1-6-14(3)28-16-8-15(23(33)37-26)9-17(10-16)29-22(32)19-11-18(13(2)7-20(19)24(34)38-27)21(31)25(4,5)12-36-30-35/h7-11,14,28H,6,12,26-27H2,1-5H3,(H,29,32). The van der Waals surface area contributed by atoms with Gasteiger partial charge < -0.3 is 25.1 Å². The van der Waals surface area contributed by atoms with Crippen molar-refractivity contribution in [1.29, 1.82) is 0 Å². The summed E-state index contributed by atoms with van der Waals surface area (Å²) in [6.07, 6.45) is 0.780. The SMILES string of the molecule is CCC(C)Nc1cc(NC(=O)c2cc(C(=O)C(C)(C)CON=O)c(C)cc2C(=O)ON)cc(C(=O)ON)c1. The van der Waals surface area contributed by atoms with Crippen molar-refractivity contribution < 1.29 is 33.7 Å². The summed E-state index contributed by atoms with van der Waals surface area (Å²) >= 11 is 0. The van der Waals surface area contributed by atoms with E-state index in [1.807, 2.05) is 13.8 Å². The van der Waals surface area contributed by atoms with Gasteiger partial charge in [0.25, 0.3) is 5.91 Å². The summed E-state index contributed by atoms with van der Waals surface area (Å²) < 4.78 is 0. The Hall–Kier alpha value is -4.36. The second-order valence-electron chi connectivity index (χ2n) is 9.29. The molecule has 0 bridgehead atoms. The van der Waals surface area contributed by atoms with Crippen LogP contribution >= 0.6 is 0 Å². The van der Waals surface area contributed by atoms with Gasteiger partial charge in [-0.1, -0.05) is 6.92 Å². The minimum absolute atomic E-state index is 0.0426. The number of anilines is 2. The second-order valence-corrected chi connectivity index (χ2v) is 9.29. The number of carbonyl (C=O) groups is 4. The normalized spacial score (nSPS) is 11.7. The predicted octanol–water partition coefficient (Wildman–Crippen LogP) is 3.43. The van der Waals surface area contributed by atoms with E-state index < -0.39 is 29.0 Å². The molecule has 0 radical (unpaired) electrons. The highest BCUT2D eigenvalue weighted by molar-refractivity contribution is 6.13. The first-order valence-corrected chi connectivity index (χ1v) is 11.6. The molecule has 0 heterocycles. The fraction of sp³-hybridized carbons (Fsp3) is 0.360. The lowest BCUT2D eigenvalue weighted by Crippen LogP contribution is -2.30. The molecular weight excluding hydrogens is 498 g/mol. The molecule has 1 unspecified atom stereocenters. The number of hydrogen-bond donors (Lipinski definition) is 4. The third kappa shape index (κ3) is 7.11. The van der Waals surface area contributed by atoms with Crippen LogP contribution in [0.2, 0.25) is 0 Å². The van der Waals surface area contributed by atoms with Crippen LogP contribution in [0.1, 0.15) is 81.1 Å². The van der Waals surface area contributed by atoms with E-state index in [1.54, 1.807) is 13.0 Å². The lowest BCUT2D eigenvalue weighted by atomic mass is 9.82. The molecule has 0 aliphatic heterocycles. The molecule has 0 aromatic heterocycles. The Morgan fingerprint density at radius 3 is 2.16 bits per heavy atom. The summed E-state index contributed by atoms with van der Waals surface area (Å²) in [5, 5.41) is 8.14. The van der Waals surface area contributed by atoms with Gasteiger partial charge in [-0.3, -0.25) is 9.59 Å². The fourth-order valence-corrected chi connectivity index (χ4v) is 3.54. The largest absolute Gasteiger partial charge is 0.383 e. The number of aryl methyl sites for hydroxylation is 1. The van der Waals surface area contributed by atoms with Gasteiger partial charge in [0.15, 0.2) is 11.1 Å². The van der Waals surface area contributed by atoms with Crippen molar-refractivity contribution in [1.82, 2.24) is 0 Å². The Labute approximate surface area is 219 Å². The molecule has 1 amide bonds. The molecular formula is C25H31N5O8. The van der Waals surface area contributed by atoms with E-state index in [2.05, 4.69) is 30.5 Å². The number of nitrogens with two attached hydrogens (primary N) is 2. The third-order valence-electron chi connectivity index (χ3n) is 5.83. The van der Waals surface area contributed by atoms with Crippen LogP contribution < -0.4 is 22.4 Å². The lowest BCUT2D eigenvalue weighted by Gasteiger charge is -2.22. The number of amides is 1. The minimum Gasteiger partial charge on any atom is -0.383 e. The van der Waals surface area contributed by atoms with E-state index >= 15 is 0 Å². The summed E-state index contributed by atoms with van der Waals surface area (Å²) in [6.45, 7) is 8.23. The summed E-state index contributed by atoms with van der Waals surface area (Å²) in [5.41, 5.74) is -0.409. The number of nitrogens with one attached hydrogen (secondary N) is 2. The number of Topliss-reactive ketones (excluding diaryl/α,β-unsaturated/α-hetero) is 1. The molecule has 2 rings (SSSR count). The van der Waals surface area contributed by atoms with Gasteiger partial charge in [0, 0.05) is 23.0 Å². The van der Waals surface area contributed by atoms with Gasteiger partial charge in [-0.25, -0.2) is 9.59 Å². The van der Waals surface area contributed by atoms with E-state index in [1.165, 1.54) is 38.1 Å². The minimum atomic E-state index is -1.18. The Morgan fingerprint density at radius 1 is 0.947 bits per heavy atom. The average Bonchev–Trinajstić information content (AvgIpc) is 2.89. The highest BCUT2D eigenvalue weighted by Gasteiger charge is 2.33. The van der Waals surface area contributed by atoms with E-state index in [0.29, 0.717) is 11.3 Å². The molecule has 2 aromatic carbocycles. The summed E-state index contributed by atoms with van der Waals surface area (Å²) in [6, 6.07) is 6.99. The third-order valence-corrected chi connectivity index (χ3v) is 5.83. The molecule has 13 heteroatoms. The van der Waals surface area contributed by atoms with Crippen LogP contribution in [-0.4, -0.2) is 36.3 Å². The Balaban J connectivity index is 2.58. The topological polar surface area (TPSA) is 201 Å². The monoisotopic (exact) mass is 529 g/mol. The zero-order valence-electron chi connectivity index (χ0n) is 21.7. The molecule has 6 N–H and O–H groups in total. The summed E-state index contributed by atoms with van der Waals surface area (Å²) in [4.78, 5) is 74.7. The Bertz CT molecular complexity index is 1240. The number of carbonyl (C=O) groups excluding carboxylic acids is 4. The lowest BCUT2D eigenvalue weighted by molar-refractivity contribution is 0.0482. The molecule has 0 spiro atoms. The van der Waals surface area contributed by atoms with Gasteiger partial charge >= 0.3 is 11.9 Å². The molecule has 0 saturated heterocycles. The van der Waals surface area contributed by atoms with E-state index in [9.17, 15) is 24.1 Å². The maximum absolute atomic E-state index is 13.4. The van der Waals surface area contributed by atoms with Crippen molar-refractivity contribution in [2.45, 2.75) is 47.1 Å². The van der Waals surface area contributed by atoms with Crippen LogP contribution in [0.5, 0.6) is 0 Å². The van der Waals surface area contributed by atoms with Crippen molar-refractivity contribution in [2.75, 3.05) is 17.2 Å². The van der Waals surface area contributed by atoms with Crippen molar-refractivity contribution >= 4 is 35.0 Å². The van der Waals surface area contributed by atoms with Crippen molar-refractivity contribution in [2.24, 2.45) is 22.5 Å². The van der Waals surface area contributed by atoms with Crippen LogP contribution in [-0.2, 0) is 14.5 Å². The molecule has 1 atom stereocenters. The van der Waals surface area contributed by atoms with Crippen molar-refractivity contribution in [3.05, 3.63) is 63.1 Å². The molecule has 0 aliphatic carbocycles. The molecule has 13 nitrogen and oxygen atoms in total. The molecule has 0 saturated carbocycles. The van der Waals surface area contributed by atoms with Crippen LogP contribution in [0.15, 0.2) is 35.7 Å². The molecule has 204 valence electrons. The molecule has 2 aromatic rings. The van der Waals surface area contributed by atoms with E-state index in [-0.39, 0.29) is 40.6 Å². The summed E-state index contributed by atoms with van der Waals surface area (Å²) in [7, 11) is 0. The fourth-order valence-electron chi connectivity index (χ4n) is 3.54. The molecule has 38 heavy (non-hydrogen) atoms. The number of nitrogens with zero attached hydrogens (tertiary/aromatic N) is 1. The summed E-state index contributed by atoms with van der Waals surface area (Å²) in [5.74, 6) is 7.00. The maximum Gasteiger partial charge on any atom is 0.357 e. The van der Waals surface area contributed by atoms with Crippen LogP contribution in [0, 0.1) is 17.2 Å². The van der Waals surface area contributed by atoms with Gasteiger partial charge in [0.05, 0.1) is 22.1 Å². The number of ketones is 1. The quantitative estimate of drug-likeness (QED) is 0.178. The Kier molecular flexibility index (Phi) is 10.0. The second kappa shape index (κ2) is 12.7. The van der Waals surface area contributed by atoms with Crippen LogP contribution in [0.3, 0.4) is 0 Å². The number of hydrogen-bond acceptors (Lipinski definition) is 12. The van der Waals surface area contributed by atoms with Gasteiger partial charge in [0.2, 0.25) is 0 Å². The average molecular weight is 530 g/mol. The number of rotatable bonds is 12. The van der Waals surface area contributed by atoms with Gasteiger partial charge in [-0.05, 0) is 70.0 Å². The first kappa shape index (κ1) is 29.9. The number of benzene rings is 2. The Morgan fingerprint density at radius 2 is 1.58 bits per heavy atom. The first-order chi connectivity index (χ1) is 17.9. The van der Waals surface area contributed by atoms with Crippen LogP contribution in [0.25, 0.3) is 0 Å². The van der Waals surface area contributed by atoms with E-state index in [0.717, 1.165) is 6.42 Å². The molecule has 0 fully saturated rings. The van der Waals surface area contributed by atoms with Gasteiger partial charge in [0.1, 0.15) is 6.61 Å². The molecule has 0 aliphatic rings. The van der Waals surface area contributed by atoms with Crippen molar-refractivity contribution in [3.63, 3.8) is 0 Å². The zero-order chi connectivity index (χ0) is 28.6. The predicted molar refractivity (Wildman–Crippen MR) is 138 cm³/mol. The van der Waals surface area contributed by atoms with Gasteiger partial charge in [-0.2, -0.15) is 11.8 Å².